The Hall–Kier alpha value is -2.40. The molecule has 7 rings (SSSR count). The third kappa shape index (κ3) is 3.63. The molecule has 0 spiro atoms. The summed E-state index contributed by atoms with van der Waals surface area (Å²) in [5, 5.41) is 14.7. The summed E-state index contributed by atoms with van der Waals surface area (Å²) in [7, 11) is 0. The number of aliphatic hydroxyl groups is 1. The maximum absolute atomic E-state index is 10.8. The average Bonchev–Trinajstić information content (AvgIpc) is 2.73. The Balaban J connectivity index is 1.41. The van der Waals surface area contributed by atoms with Crippen LogP contribution in [0.15, 0.2) is 53.0 Å². The molecule has 5 heteroatoms. The lowest BCUT2D eigenvalue weighted by Crippen LogP contribution is -2.55. The number of rotatable bonds is 4. The van der Waals surface area contributed by atoms with E-state index in [1.54, 1.807) is 6.08 Å². The number of para-hydroxylation sites is 2. The van der Waals surface area contributed by atoms with Crippen LogP contribution < -0.4 is 5.32 Å². The van der Waals surface area contributed by atoms with Gasteiger partial charge in [-0.05, 0) is 80.5 Å². The van der Waals surface area contributed by atoms with E-state index in [9.17, 15) is 5.11 Å². The summed E-state index contributed by atoms with van der Waals surface area (Å²) in [6.07, 6.45) is 9.66. The van der Waals surface area contributed by atoms with E-state index in [1.807, 2.05) is 48.5 Å². The molecule has 2 N–H and O–H groups in total. The van der Waals surface area contributed by atoms with Crippen LogP contribution in [0, 0.1) is 17.8 Å². The number of anilines is 1. The zero-order chi connectivity index (χ0) is 21.0. The molecule has 0 amide bonds. The molecule has 0 atom stereocenters. The van der Waals surface area contributed by atoms with E-state index in [-0.39, 0.29) is 11.3 Å². The van der Waals surface area contributed by atoms with Gasteiger partial charge in [0.2, 0.25) is 0 Å². The van der Waals surface area contributed by atoms with E-state index in [0.717, 1.165) is 44.6 Å². The lowest BCUT2D eigenvalue weighted by Gasteiger charge is -2.57. The molecule has 4 saturated carbocycles. The fraction of sp³-hybridized carbons (Fsp3) is 0.385. The highest BCUT2D eigenvalue weighted by Gasteiger charge is 2.51. The second-order valence-electron chi connectivity index (χ2n) is 9.81. The number of aliphatic hydroxyl groups excluding tert-OH is 1. The lowest BCUT2D eigenvalue weighted by molar-refractivity contribution is 0.0105. The van der Waals surface area contributed by atoms with Gasteiger partial charge in [-0.2, -0.15) is 0 Å². The Morgan fingerprint density at radius 3 is 2.10 bits per heavy atom. The predicted octanol–water partition coefficient (Wildman–Crippen LogP) is 6.83. The van der Waals surface area contributed by atoms with Gasteiger partial charge in [-0.3, -0.25) is 0 Å². The van der Waals surface area contributed by atoms with Gasteiger partial charge in [0.15, 0.2) is 5.82 Å². The zero-order valence-electron chi connectivity index (χ0n) is 17.4. The number of nitrogens with zero attached hydrogens (tertiary/aromatic N) is 2. The smallest absolute Gasteiger partial charge is 0.153 e. The van der Waals surface area contributed by atoms with Gasteiger partial charge in [0, 0.05) is 21.7 Å². The van der Waals surface area contributed by atoms with E-state index in [0.29, 0.717) is 5.69 Å². The molecule has 1 aromatic heterocycles. The molecular formula is C26H26BrN3O. The third-order valence-electron chi connectivity index (χ3n) is 7.43. The van der Waals surface area contributed by atoms with Crippen LogP contribution in [-0.4, -0.2) is 20.6 Å². The van der Waals surface area contributed by atoms with Crippen LogP contribution in [0.25, 0.3) is 22.9 Å². The Labute approximate surface area is 190 Å². The summed E-state index contributed by atoms with van der Waals surface area (Å²) in [4.78, 5) is 9.86. The zero-order valence-corrected chi connectivity index (χ0v) is 19.0. The van der Waals surface area contributed by atoms with Crippen molar-refractivity contribution in [1.29, 1.82) is 0 Å². The normalized spacial score (nSPS) is 29.5. The number of hydrogen-bond donors (Lipinski definition) is 2. The van der Waals surface area contributed by atoms with Gasteiger partial charge in [-0.25, -0.2) is 9.97 Å². The minimum Gasteiger partial charge on any atom is -0.507 e. The summed E-state index contributed by atoms with van der Waals surface area (Å²) in [6.45, 7) is 0. The fourth-order valence-electron chi connectivity index (χ4n) is 6.55. The molecule has 158 valence electrons. The summed E-state index contributed by atoms with van der Waals surface area (Å²) in [5.74, 6) is 3.54. The molecular weight excluding hydrogens is 450 g/mol. The number of fused-ring (bicyclic) bond motifs is 1. The molecule has 1 heterocycles. The molecule has 0 radical (unpaired) electrons. The van der Waals surface area contributed by atoms with Crippen LogP contribution in [0.3, 0.4) is 0 Å². The van der Waals surface area contributed by atoms with Gasteiger partial charge in [0.1, 0.15) is 11.5 Å². The van der Waals surface area contributed by atoms with Crippen molar-refractivity contribution in [2.75, 3.05) is 5.32 Å². The molecule has 4 nitrogen and oxygen atoms in total. The molecule has 4 aliphatic rings. The number of hydrogen-bond acceptors (Lipinski definition) is 4. The van der Waals surface area contributed by atoms with Crippen molar-refractivity contribution in [3.8, 4) is 0 Å². The first-order valence-corrected chi connectivity index (χ1v) is 12.1. The number of benzene rings is 2. The maximum atomic E-state index is 10.8. The first kappa shape index (κ1) is 19.3. The minimum atomic E-state index is 0.127. The molecule has 31 heavy (non-hydrogen) atoms. The maximum Gasteiger partial charge on any atom is 0.153 e. The molecule has 3 aromatic rings. The van der Waals surface area contributed by atoms with Crippen LogP contribution in [0.4, 0.5) is 5.82 Å². The lowest BCUT2D eigenvalue weighted by atomic mass is 9.53. The summed E-state index contributed by atoms with van der Waals surface area (Å²) in [5.41, 5.74) is 3.32. The van der Waals surface area contributed by atoms with Crippen molar-refractivity contribution in [2.45, 2.75) is 44.1 Å². The van der Waals surface area contributed by atoms with E-state index in [2.05, 4.69) is 21.2 Å². The van der Waals surface area contributed by atoms with Crippen molar-refractivity contribution < 1.29 is 5.11 Å². The van der Waals surface area contributed by atoms with Crippen LogP contribution in [-0.2, 0) is 0 Å². The molecule has 4 fully saturated rings. The van der Waals surface area contributed by atoms with E-state index in [1.165, 1.54) is 38.5 Å². The SMILES string of the molecule is O/C(=C\c1nc2ccccc2nc1NC12CC3CC(CC(C3)C1)C2)c1ccc(Br)cc1. The third-order valence-corrected chi connectivity index (χ3v) is 7.96. The van der Waals surface area contributed by atoms with Crippen molar-refractivity contribution in [3.05, 3.63) is 64.3 Å². The number of nitrogens with one attached hydrogen (secondary N) is 1. The summed E-state index contributed by atoms with van der Waals surface area (Å²) < 4.78 is 0.985. The highest BCUT2D eigenvalue weighted by atomic mass is 79.9. The Morgan fingerprint density at radius 2 is 1.48 bits per heavy atom. The van der Waals surface area contributed by atoms with E-state index >= 15 is 0 Å². The van der Waals surface area contributed by atoms with Crippen molar-refractivity contribution in [2.24, 2.45) is 17.8 Å². The van der Waals surface area contributed by atoms with Gasteiger partial charge in [-0.15, -0.1) is 0 Å². The largest absolute Gasteiger partial charge is 0.507 e. The van der Waals surface area contributed by atoms with Crippen LogP contribution >= 0.6 is 15.9 Å². The van der Waals surface area contributed by atoms with E-state index in [4.69, 9.17) is 9.97 Å². The molecule has 4 bridgehead atoms. The molecule has 0 aliphatic heterocycles. The highest BCUT2D eigenvalue weighted by molar-refractivity contribution is 9.10. The van der Waals surface area contributed by atoms with Crippen LogP contribution in [0.2, 0.25) is 0 Å². The quantitative estimate of drug-likeness (QED) is 0.406. The first-order chi connectivity index (χ1) is 15.1. The van der Waals surface area contributed by atoms with Gasteiger partial charge < -0.3 is 10.4 Å². The highest BCUT2D eigenvalue weighted by Crippen LogP contribution is 2.56. The number of halogens is 1. The van der Waals surface area contributed by atoms with Crippen molar-refractivity contribution in [3.63, 3.8) is 0 Å². The monoisotopic (exact) mass is 475 g/mol. The number of aromatic nitrogens is 2. The minimum absolute atomic E-state index is 0.127. The van der Waals surface area contributed by atoms with Crippen molar-refractivity contribution in [1.82, 2.24) is 9.97 Å². The predicted molar refractivity (Wildman–Crippen MR) is 129 cm³/mol. The Kier molecular flexibility index (Phi) is 4.57. The van der Waals surface area contributed by atoms with Crippen molar-refractivity contribution >= 4 is 44.6 Å². The van der Waals surface area contributed by atoms with E-state index < -0.39 is 0 Å². The summed E-state index contributed by atoms with van der Waals surface area (Å²) >= 11 is 3.45. The molecule has 0 unspecified atom stereocenters. The van der Waals surface area contributed by atoms with Gasteiger partial charge in [-0.1, -0.05) is 40.2 Å². The van der Waals surface area contributed by atoms with Gasteiger partial charge >= 0.3 is 0 Å². The van der Waals surface area contributed by atoms with Crippen LogP contribution in [0.5, 0.6) is 0 Å². The first-order valence-electron chi connectivity index (χ1n) is 11.3. The Bertz CT molecular complexity index is 1140. The molecule has 4 aliphatic carbocycles. The van der Waals surface area contributed by atoms with Crippen LogP contribution in [0.1, 0.15) is 49.8 Å². The van der Waals surface area contributed by atoms with Gasteiger partial charge in [0.05, 0.1) is 11.0 Å². The standard InChI is InChI=1S/C26H26BrN3O/c27-20-7-5-19(6-8-20)24(31)12-23-25(29-22-4-2-1-3-21(22)28-23)30-26-13-16-9-17(14-26)11-18(10-16)15-26/h1-8,12,16-18,31H,9-11,13-15H2,(H,29,30)/b24-12-. The second kappa shape index (κ2) is 7.33. The topological polar surface area (TPSA) is 58.0 Å². The summed E-state index contributed by atoms with van der Waals surface area (Å²) in [6, 6.07) is 15.6. The van der Waals surface area contributed by atoms with Gasteiger partial charge in [0.25, 0.3) is 0 Å². The molecule has 2 aromatic carbocycles. The fourth-order valence-corrected chi connectivity index (χ4v) is 6.82. The average molecular weight is 476 g/mol. The molecule has 0 saturated heterocycles. The second-order valence-corrected chi connectivity index (χ2v) is 10.7. The Morgan fingerprint density at radius 1 is 0.903 bits per heavy atom.